The van der Waals surface area contributed by atoms with Gasteiger partial charge in [0.1, 0.15) is 5.69 Å². The molecule has 0 unspecified atom stereocenters. The Morgan fingerprint density at radius 2 is 1.31 bits per heavy atom. The Balaban J connectivity index is 3.23. The van der Waals surface area contributed by atoms with E-state index in [1.807, 2.05) is 5.32 Å². The van der Waals surface area contributed by atoms with Crippen molar-refractivity contribution in [3.63, 3.8) is 0 Å². The van der Waals surface area contributed by atoms with Crippen molar-refractivity contribution in [3.05, 3.63) is 41.4 Å². The molecule has 0 saturated carbocycles. The molecule has 1 rings (SSSR count). The van der Waals surface area contributed by atoms with Crippen molar-refractivity contribution in [2.24, 2.45) is 0 Å². The highest BCUT2D eigenvalue weighted by molar-refractivity contribution is 5.49. The molecule has 0 fully saturated rings. The number of halogens is 5. The molecule has 0 bridgehead atoms. The monoisotopic (exact) mass is 237 g/mol. The molecular weight excluding hydrogens is 229 g/mol. The highest BCUT2D eigenvalue weighted by atomic mass is 19.2. The third-order valence-electron chi connectivity index (χ3n) is 1.79. The van der Waals surface area contributed by atoms with E-state index in [1.165, 1.54) is 6.08 Å². The lowest BCUT2D eigenvalue weighted by Crippen LogP contribution is -2.06. The first-order chi connectivity index (χ1) is 7.50. The molecule has 0 saturated heterocycles. The number of hydrogen-bond acceptors (Lipinski definition) is 1. The predicted molar refractivity (Wildman–Crippen MR) is 49.3 cm³/mol. The van der Waals surface area contributed by atoms with Gasteiger partial charge >= 0.3 is 0 Å². The Hall–Kier alpha value is -1.59. The Morgan fingerprint density at radius 1 is 0.875 bits per heavy atom. The summed E-state index contributed by atoms with van der Waals surface area (Å²) in [4.78, 5) is 0. The van der Waals surface area contributed by atoms with Crippen molar-refractivity contribution >= 4 is 5.69 Å². The van der Waals surface area contributed by atoms with E-state index in [0.29, 0.717) is 6.42 Å². The normalized spacial score (nSPS) is 11.1. The van der Waals surface area contributed by atoms with E-state index in [9.17, 15) is 22.0 Å². The maximum Gasteiger partial charge on any atom is 0.200 e. The van der Waals surface area contributed by atoms with Crippen LogP contribution in [0.1, 0.15) is 13.3 Å². The van der Waals surface area contributed by atoms with Crippen LogP contribution in [0.2, 0.25) is 0 Å². The fourth-order valence-electron chi connectivity index (χ4n) is 0.992. The van der Waals surface area contributed by atoms with E-state index >= 15 is 0 Å². The topological polar surface area (TPSA) is 12.0 Å². The molecule has 0 spiro atoms. The second-order valence-corrected chi connectivity index (χ2v) is 2.90. The van der Waals surface area contributed by atoms with Crippen LogP contribution in [0, 0.1) is 29.1 Å². The molecule has 1 N–H and O–H groups in total. The Bertz CT molecular complexity index is 399. The molecule has 0 radical (unpaired) electrons. The van der Waals surface area contributed by atoms with Gasteiger partial charge in [-0.15, -0.1) is 0 Å². The van der Waals surface area contributed by atoms with Gasteiger partial charge in [-0.05, 0) is 12.6 Å². The number of anilines is 1. The zero-order valence-electron chi connectivity index (χ0n) is 8.25. The molecule has 0 aliphatic carbocycles. The van der Waals surface area contributed by atoms with Crippen molar-refractivity contribution in [2.75, 3.05) is 5.32 Å². The second-order valence-electron chi connectivity index (χ2n) is 2.90. The van der Waals surface area contributed by atoms with Crippen LogP contribution in [0.15, 0.2) is 12.3 Å². The van der Waals surface area contributed by atoms with Gasteiger partial charge < -0.3 is 5.32 Å². The summed E-state index contributed by atoms with van der Waals surface area (Å²) >= 11 is 0. The molecule has 16 heavy (non-hydrogen) atoms. The molecule has 6 heteroatoms. The maximum atomic E-state index is 13.0. The van der Waals surface area contributed by atoms with E-state index in [2.05, 4.69) is 0 Å². The molecule has 0 heterocycles. The van der Waals surface area contributed by atoms with Gasteiger partial charge in [0.25, 0.3) is 0 Å². The van der Waals surface area contributed by atoms with Crippen molar-refractivity contribution in [2.45, 2.75) is 13.3 Å². The molecular formula is C10H8F5N. The summed E-state index contributed by atoms with van der Waals surface area (Å²) in [5.74, 6) is -9.85. The zero-order chi connectivity index (χ0) is 12.3. The Kier molecular flexibility index (Phi) is 3.87. The van der Waals surface area contributed by atoms with Gasteiger partial charge in [0.15, 0.2) is 23.3 Å². The summed E-state index contributed by atoms with van der Waals surface area (Å²) in [5, 5.41) is 2.01. The zero-order valence-corrected chi connectivity index (χ0v) is 8.25. The molecule has 88 valence electrons. The van der Waals surface area contributed by atoms with Crippen LogP contribution in [0.25, 0.3) is 0 Å². The quantitative estimate of drug-likeness (QED) is 0.480. The van der Waals surface area contributed by atoms with E-state index < -0.39 is 34.8 Å². The molecule has 0 atom stereocenters. The van der Waals surface area contributed by atoms with Gasteiger partial charge in [-0.25, -0.2) is 22.0 Å². The van der Waals surface area contributed by atoms with Gasteiger partial charge in [0.2, 0.25) is 5.82 Å². The summed E-state index contributed by atoms with van der Waals surface area (Å²) in [6.45, 7) is 1.75. The number of allylic oxidation sites excluding steroid dienone is 1. The van der Waals surface area contributed by atoms with Crippen molar-refractivity contribution in [3.8, 4) is 0 Å². The fraction of sp³-hybridized carbons (Fsp3) is 0.200. The summed E-state index contributed by atoms with van der Waals surface area (Å²) in [7, 11) is 0. The average molecular weight is 237 g/mol. The molecule has 1 nitrogen and oxygen atoms in total. The largest absolute Gasteiger partial charge is 0.357 e. The SMILES string of the molecule is CCC=CNc1c(F)c(F)c(F)c(F)c1F. The lowest BCUT2D eigenvalue weighted by molar-refractivity contribution is 0.382. The highest BCUT2D eigenvalue weighted by Gasteiger charge is 2.24. The fourth-order valence-corrected chi connectivity index (χ4v) is 0.992. The summed E-state index contributed by atoms with van der Waals surface area (Å²) in [5.41, 5.74) is -1.05. The van der Waals surface area contributed by atoms with Gasteiger partial charge in [0.05, 0.1) is 0 Å². The molecule has 0 aliphatic heterocycles. The van der Waals surface area contributed by atoms with Gasteiger partial charge in [-0.2, -0.15) is 0 Å². The standard InChI is InChI=1S/C10H8F5N/c1-2-3-4-16-10-8(14)6(12)5(11)7(13)9(10)15/h3-4,16H,2H2,1H3. The molecule has 1 aromatic rings. The minimum absolute atomic E-state index is 0.558. The predicted octanol–water partition coefficient (Wildman–Crippen LogP) is 3.72. The second kappa shape index (κ2) is 4.96. The van der Waals surface area contributed by atoms with Crippen LogP contribution < -0.4 is 5.32 Å². The van der Waals surface area contributed by atoms with Crippen molar-refractivity contribution in [1.82, 2.24) is 0 Å². The van der Waals surface area contributed by atoms with Gasteiger partial charge in [0, 0.05) is 0 Å². The van der Waals surface area contributed by atoms with Gasteiger partial charge in [-0.1, -0.05) is 13.0 Å². The molecule has 0 aromatic heterocycles. The third-order valence-corrected chi connectivity index (χ3v) is 1.79. The average Bonchev–Trinajstić information content (AvgIpc) is 2.28. The molecule has 0 aliphatic rings. The van der Waals surface area contributed by atoms with Crippen LogP contribution in [0.5, 0.6) is 0 Å². The Labute approximate surface area is 88.6 Å². The number of rotatable bonds is 3. The highest BCUT2D eigenvalue weighted by Crippen LogP contribution is 2.26. The van der Waals surface area contributed by atoms with E-state index in [1.54, 1.807) is 6.92 Å². The molecule has 1 aromatic carbocycles. The van der Waals surface area contributed by atoms with Crippen molar-refractivity contribution in [1.29, 1.82) is 0 Å². The van der Waals surface area contributed by atoms with Crippen LogP contribution in [-0.2, 0) is 0 Å². The maximum absolute atomic E-state index is 13.0. The first-order valence-corrected chi connectivity index (χ1v) is 4.43. The summed E-state index contributed by atoms with van der Waals surface area (Å²) in [6, 6.07) is 0. The number of nitrogens with one attached hydrogen (secondary N) is 1. The minimum atomic E-state index is -2.17. The van der Waals surface area contributed by atoms with Crippen LogP contribution in [0.3, 0.4) is 0 Å². The minimum Gasteiger partial charge on any atom is -0.357 e. The van der Waals surface area contributed by atoms with E-state index in [0.717, 1.165) is 6.20 Å². The first kappa shape index (κ1) is 12.5. The lowest BCUT2D eigenvalue weighted by atomic mass is 10.2. The van der Waals surface area contributed by atoms with Crippen LogP contribution >= 0.6 is 0 Å². The van der Waals surface area contributed by atoms with Crippen molar-refractivity contribution < 1.29 is 22.0 Å². The van der Waals surface area contributed by atoms with Gasteiger partial charge in [-0.3, -0.25) is 0 Å². The first-order valence-electron chi connectivity index (χ1n) is 4.43. The number of hydrogen-bond donors (Lipinski definition) is 1. The van der Waals surface area contributed by atoms with E-state index in [4.69, 9.17) is 0 Å². The lowest BCUT2D eigenvalue weighted by Gasteiger charge is -2.07. The summed E-state index contributed by atoms with van der Waals surface area (Å²) in [6.07, 6.45) is 3.14. The van der Waals surface area contributed by atoms with Crippen LogP contribution in [0.4, 0.5) is 27.6 Å². The Morgan fingerprint density at radius 3 is 1.75 bits per heavy atom. The van der Waals surface area contributed by atoms with E-state index in [-0.39, 0.29) is 0 Å². The van der Waals surface area contributed by atoms with Crippen LogP contribution in [-0.4, -0.2) is 0 Å². The smallest absolute Gasteiger partial charge is 0.200 e. The number of benzene rings is 1. The third kappa shape index (κ3) is 2.15. The molecule has 0 amide bonds. The summed E-state index contributed by atoms with van der Waals surface area (Å²) < 4.78 is 64.0.